The average molecular weight is 314 g/mol. The molecule has 8 heteroatoms. The van der Waals surface area contributed by atoms with Gasteiger partial charge in [0.25, 0.3) is 0 Å². The summed E-state index contributed by atoms with van der Waals surface area (Å²) in [5.74, 6) is 4.92. The Bertz CT molecular complexity index is 268. The van der Waals surface area contributed by atoms with Crippen LogP contribution in [0.15, 0.2) is 18.1 Å². The van der Waals surface area contributed by atoms with Crippen molar-refractivity contribution in [3.8, 4) is 0 Å². The van der Waals surface area contributed by atoms with E-state index in [1.54, 1.807) is 0 Å². The Morgan fingerprint density at radius 3 is 1.89 bits per heavy atom. The molecule has 1 heterocycles. The van der Waals surface area contributed by atoms with Crippen molar-refractivity contribution in [2.45, 2.75) is 34.0 Å². The van der Waals surface area contributed by atoms with Crippen molar-refractivity contribution in [3.05, 3.63) is 29.6 Å². The normalized spacial score (nSPS) is 8.42. The summed E-state index contributed by atoms with van der Waals surface area (Å²) in [5.41, 5.74) is 1.56. The molecule has 0 nitrogen and oxygen atoms in total. The van der Waals surface area contributed by atoms with Gasteiger partial charge in [-0.25, -0.2) is 0 Å². The first-order chi connectivity index (χ1) is 8.20. The van der Waals surface area contributed by atoms with Crippen LogP contribution < -0.4 is 0 Å². The molecule has 0 saturated heterocycles. The molecule has 0 aliphatic rings. The van der Waals surface area contributed by atoms with E-state index >= 15 is 0 Å². The van der Waals surface area contributed by atoms with E-state index in [-0.39, 0.29) is 32.7 Å². The molecule has 0 spiro atoms. The molecule has 1 aromatic rings. The fourth-order valence-electron chi connectivity index (χ4n) is 0.557. The zero-order valence-electron chi connectivity index (χ0n) is 12.6. The van der Waals surface area contributed by atoms with Crippen LogP contribution >= 0.6 is 0 Å². The van der Waals surface area contributed by atoms with Crippen LogP contribution in [0.1, 0.15) is 33.3 Å². The van der Waals surface area contributed by atoms with Gasteiger partial charge in [-0.1, -0.05) is 27.7 Å². The minimum absolute atomic E-state index is 0. The van der Waals surface area contributed by atoms with Crippen molar-refractivity contribution in [1.29, 1.82) is 0 Å². The van der Waals surface area contributed by atoms with Gasteiger partial charge in [0.2, 0.25) is 0 Å². The minimum Gasteiger partial charge on any atom is 0 e. The molecule has 19 heavy (non-hydrogen) atoms. The summed E-state index contributed by atoms with van der Waals surface area (Å²) < 4.78 is 0. The van der Waals surface area contributed by atoms with Crippen LogP contribution in [-0.2, 0) is 39.0 Å². The SMILES string of the molecule is CC(C)(C)C.[B]Cc1[c-]bccc1.[B][B]B([B])[B].[Y]. The Morgan fingerprint density at radius 1 is 1.32 bits per heavy atom. The molecule has 0 amide bonds. The summed E-state index contributed by atoms with van der Waals surface area (Å²) in [6.45, 7) is 10.6. The number of hydrogen-bond donors (Lipinski definition) is 0. The molecular formula is C11H17B7Y-. The Labute approximate surface area is 152 Å². The summed E-state index contributed by atoms with van der Waals surface area (Å²) >= 11 is 0. The van der Waals surface area contributed by atoms with Gasteiger partial charge in [-0.3, -0.25) is 0 Å². The van der Waals surface area contributed by atoms with Crippen LogP contribution in [0.4, 0.5) is 0 Å². The topological polar surface area (TPSA) is 0 Å². The molecule has 0 fully saturated rings. The van der Waals surface area contributed by atoms with Gasteiger partial charge in [0.05, 0.1) is 0 Å². The van der Waals surface area contributed by atoms with Gasteiger partial charge in [-0.2, -0.15) is 0 Å². The van der Waals surface area contributed by atoms with E-state index in [9.17, 15) is 0 Å². The Hall–Kier alpha value is 0.908. The third-order valence-corrected chi connectivity index (χ3v) is 1.22. The average Bonchev–Trinajstić information content (AvgIpc) is 2.28. The van der Waals surface area contributed by atoms with Gasteiger partial charge < -0.3 is 0 Å². The molecule has 0 aliphatic carbocycles. The predicted molar refractivity (Wildman–Crippen MR) is 90.0 cm³/mol. The summed E-state index contributed by atoms with van der Waals surface area (Å²) in [5, 5.41) is 0. The molecule has 0 aromatic carbocycles. The molecule has 1 aromatic heterocycles. The van der Waals surface area contributed by atoms with E-state index in [0.717, 1.165) is 5.56 Å². The molecule has 0 N–H and O–H groups in total. The van der Waals surface area contributed by atoms with E-state index in [1.807, 2.05) is 25.0 Å². The first-order valence-corrected chi connectivity index (χ1v) is 5.92. The number of hydrogen-bond acceptors (Lipinski definition) is 0. The van der Waals surface area contributed by atoms with E-state index in [0.29, 0.717) is 11.7 Å². The molecular weight excluding hydrogens is 297 g/mol. The molecule has 86 valence electrons. The summed E-state index contributed by atoms with van der Waals surface area (Å²) in [7, 11) is 21.1. The van der Waals surface area contributed by atoms with Crippen molar-refractivity contribution in [2.24, 2.45) is 5.41 Å². The maximum atomic E-state index is 5.32. The van der Waals surface area contributed by atoms with Gasteiger partial charge in [0.15, 0.2) is 0 Å². The third kappa shape index (κ3) is 32.4. The van der Waals surface area contributed by atoms with Crippen LogP contribution in [0.5, 0.6) is 0 Å². The third-order valence-electron chi connectivity index (χ3n) is 1.22. The van der Waals surface area contributed by atoms with Crippen LogP contribution in [0, 0.1) is 11.4 Å². The van der Waals surface area contributed by atoms with Crippen LogP contribution in [0.3, 0.4) is 0 Å². The minimum atomic E-state index is -0.463. The summed E-state index contributed by atoms with van der Waals surface area (Å²) in [4.78, 5) is 0. The van der Waals surface area contributed by atoms with Crippen molar-refractivity contribution in [3.63, 3.8) is 0 Å². The van der Waals surface area contributed by atoms with E-state index < -0.39 is 6.39 Å². The number of rotatable bonds is 2. The second-order valence-electron chi connectivity index (χ2n) is 5.36. The first kappa shape index (κ1) is 24.9. The van der Waals surface area contributed by atoms with Gasteiger partial charge in [-0.15, -0.1) is 0 Å². The fraction of sp³-hybridized carbons (Fsp3) is 0.545. The van der Waals surface area contributed by atoms with Gasteiger partial charge in [0, 0.05) is 69.4 Å². The second-order valence-corrected chi connectivity index (χ2v) is 5.36. The Balaban J connectivity index is -0.000000208. The zero-order valence-corrected chi connectivity index (χ0v) is 15.4. The first-order valence-electron chi connectivity index (χ1n) is 5.92. The van der Waals surface area contributed by atoms with Crippen molar-refractivity contribution >= 4 is 51.4 Å². The fourth-order valence-corrected chi connectivity index (χ4v) is 0.557. The van der Waals surface area contributed by atoms with Crippen molar-refractivity contribution in [2.75, 3.05) is 0 Å². The van der Waals surface area contributed by atoms with Crippen LogP contribution in [0.25, 0.3) is 0 Å². The molecule has 0 unspecified atom stereocenters. The van der Waals surface area contributed by atoms with E-state index in [2.05, 4.69) is 33.7 Å². The second kappa shape index (κ2) is 15.3. The van der Waals surface area contributed by atoms with Gasteiger partial charge in [0.1, 0.15) is 0 Å². The van der Waals surface area contributed by atoms with Crippen molar-refractivity contribution < 1.29 is 32.7 Å². The summed E-state index contributed by atoms with van der Waals surface area (Å²) in [6.07, 6.45) is 0.121. The largest absolute Gasteiger partial charge is 0 e. The van der Waals surface area contributed by atoms with Crippen LogP contribution in [-0.4, -0.2) is 51.4 Å². The van der Waals surface area contributed by atoms with Crippen molar-refractivity contribution in [1.82, 2.24) is 0 Å². The standard InChI is InChI=1S/C6H5B2.C5H12.B5.Y/c7-4-6-2-1-3-8-5-6;1-5(2,3)4;1-4-5(2)3;/h1-3H,4H2;1-4H3;;/q-1;;;. The molecule has 0 bridgehead atoms. The predicted octanol–water partition coefficient (Wildman–Crippen LogP) is 0.639. The van der Waals surface area contributed by atoms with E-state index in [1.165, 1.54) is 7.06 Å². The smallest absolute Gasteiger partial charge is 0 e. The van der Waals surface area contributed by atoms with Crippen LogP contribution in [0.2, 0.25) is 0 Å². The summed E-state index contributed by atoms with van der Waals surface area (Å²) in [6, 6.07) is 3.92. The molecule has 10 radical (unpaired) electrons. The maximum absolute atomic E-state index is 5.32. The molecule has 0 atom stereocenters. The molecule has 0 saturated carbocycles. The molecule has 0 aliphatic heterocycles. The quantitative estimate of drug-likeness (QED) is 0.555. The zero-order chi connectivity index (χ0) is 14.6. The monoisotopic (exact) mass is 315 g/mol. The van der Waals surface area contributed by atoms with Gasteiger partial charge in [-0.05, 0) is 5.41 Å². The Morgan fingerprint density at radius 2 is 1.74 bits per heavy atom. The van der Waals surface area contributed by atoms with E-state index in [4.69, 9.17) is 31.1 Å². The maximum Gasteiger partial charge on any atom is 0 e. The Kier molecular flexibility index (Phi) is 20.0. The van der Waals surface area contributed by atoms with Gasteiger partial charge >= 0.3 is 50.7 Å². The molecule has 1 rings (SSSR count).